The fourth-order valence-corrected chi connectivity index (χ4v) is 3.73. The molecule has 1 unspecified atom stereocenters. The second kappa shape index (κ2) is 11.7. The molecule has 3 aromatic rings. The molecule has 1 aliphatic rings. The lowest BCUT2D eigenvalue weighted by atomic mass is 9.90. The highest BCUT2D eigenvalue weighted by atomic mass is 127. The number of fused-ring (bicyclic) bond motifs is 1. The van der Waals surface area contributed by atoms with Crippen LogP contribution in [0.4, 0.5) is 5.69 Å². The Morgan fingerprint density at radius 3 is 2.73 bits per heavy atom. The highest BCUT2D eigenvalue weighted by Crippen LogP contribution is 2.31. The number of carbonyl (C=O) groups excluding carboxylic acids is 1. The number of halogens is 1. The van der Waals surface area contributed by atoms with Gasteiger partial charge in [-0.1, -0.05) is 18.2 Å². The molecule has 0 fully saturated rings. The van der Waals surface area contributed by atoms with Crippen LogP contribution in [0, 0.1) is 0 Å². The standard InChI is InChI=1S/C24H28N6O2.HI/c1-3-25-24(26-15-17-14-23(31)28-22-7-5-4-6-21(17)22)27-16-18-12-13-30(29-18)19-8-10-20(32-2)11-9-19;/h4-13,17H,3,14-16H2,1-2H3,(H,28,31)(H2,25,26,27);1H. The number of rotatable bonds is 7. The van der Waals surface area contributed by atoms with Gasteiger partial charge in [0.2, 0.25) is 5.91 Å². The van der Waals surface area contributed by atoms with E-state index in [2.05, 4.69) is 32.1 Å². The van der Waals surface area contributed by atoms with Crippen LogP contribution in [0.3, 0.4) is 0 Å². The molecule has 0 saturated heterocycles. The molecule has 33 heavy (non-hydrogen) atoms. The van der Waals surface area contributed by atoms with Gasteiger partial charge in [0.1, 0.15) is 5.75 Å². The minimum Gasteiger partial charge on any atom is -0.497 e. The summed E-state index contributed by atoms with van der Waals surface area (Å²) in [6.07, 6.45) is 2.38. The number of guanidine groups is 1. The molecular weight excluding hydrogens is 531 g/mol. The van der Waals surface area contributed by atoms with Crippen LogP contribution in [0.5, 0.6) is 5.75 Å². The van der Waals surface area contributed by atoms with Crippen molar-refractivity contribution < 1.29 is 9.53 Å². The predicted octanol–water partition coefficient (Wildman–Crippen LogP) is 3.68. The van der Waals surface area contributed by atoms with Gasteiger partial charge in [-0.25, -0.2) is 9.67 Å². The lowest BCUT2D eigenvalue weighted by Gasteiger charge is -2.26. The average molecular weight is 560 g/mol. The molecule has 0 bridgehead atoms. The number of anilines is 1. The van der Waals surface area contributed by atoms with E-state index in [4.69, 9.17) is 4.74 Å². The van der Waals surface area contributed by atoms with Crippen LogP contribution in [-0.2, 0) is 11.3 Å². The second-order valence-electron chi connectivity index (χ2n) is 7.56. The second-order valence-corrected chi connectivity index (χ2v) is 7.56. The van der Waals surface area contributed by atoms with E-state index in [0.717, 1.165) is 34.9 Å². The highest BCUT2D eigenvalue weighted by Gasteiger charge is 2.24. The maximum atomic E-state index is 12.1. The number of nitrogens with zero attached hydrogens (tertiary/aromatic N) is 3. The molecule has 2 aromatic carbocycles. The van der Waals surface area contributed by atoms with Crippen molar-refractivity contribution in [2.45, 2.75) is 25.8 Å². The van der Waals surface area contributed by atoms with E-state index in [1.807, 2.05) is 66.3 Å². The third kappa shape index (κ3) is 6.25. The van der Waals surface area contributed by atoms with Crippen molar-refractivity contribution in [2.24, 2.45) is 4.99 Å². The topological polar surface area (TPSA) is 92.6 Å². The summed E-state index contributed by atoms with van der Waals surface area (Å²) in [6, 6.07) is 17.6. The van der Waals surface area contributed by atoms with Crippen molar-refractivity contribution in [1.29, 1.82) is 0 Å². The first-order valence-electron chi connectivity index (χ1n) is 10.8. The Hall–Kier alpha value is -3.08. The van der Waals surface area contributed by atoms with Crippen molar-refractivity contribution in [3.63, 3.8) is 0 Å². The van der Waals surface area contributed by atoms with Crippen LogP contribution >= 0.6 is 24.0 Å². The summed E-state index contributed by atoms with van der Waals surface area (Å²) in [6.45, 7) is 3.84. The van der Waals surface area contributed by atoms with Gasteiger partial charge >= 0.3 is 0 Å². The monoisotopic (exact) mass is 560 g/mol. The van der Waals surface area contributed by atoms with Crippen LogP contribution in [0.1, 0.15) is 30.5 Å². The molecule has 1 aliphatic heterocycles. The molecule has 174 valence electrons. The van der Waals surface area contributed by atoms with Gasteiger partial charge in [-0.15, -0.1) is 24.0 Å². The van der Waals surface area contributed by atoms with Gasteiger partial charge in [0, 0.05) is 37.3 Å². The van der Waals surface area contributed by atoms with Crippen LogP contribution < -0.4 is 20.7 Å². The largest absolute Gasteiger partial charge is 0.497 e. The minimum absolute atomic E-state index is 0. The molecule has 2 heterocycles. The smallest absolute Gasteiger partial charge is 0.225 e. The van der Waals surface area contributed by atoms with Gasteiger partial charge in [0.05, 0.1) is 25.0 Å². The molecular formula is C24H29IN6O2. The molecule has 8 nitrogen and oxygen atoms in total. The van der Waals surface area contributed by atoms with Crippen LogP contribution in [0.25, 0.3) is 5.69 Å². The fourth-order valence-electron chi connectivity index (χ4n) is 3.73. The molecule has 1 amide bonds. The molecule has 4 rings (SSSR count). The number of ether oxygens (including phenoxy) is 1. The summed E-state index contributed by atoms with van der Waals surface area (Å²) in [7, 11) is 1.65. The molecule has 0 aliphatic carbocycles. The molecule has 0 spiro atoms. The molecule has 1 atom stereocenters. The number of benzene rings is 2. The van der Waals surface area contributed by atoms with E-state index in [-0.39, 0.29) is 35.8 Å². The van der Waals surface area contributed by atoms with Crippen LogP contribution in [0.2, 0.25) is 0 Å². The zero-order chi connectivity index (χ0) is 22.3. The number of hydrogen-bond donors (Lipinski definition) is 3. The number of methoxy groups -OCH3 is 1. The lowest BCUT2D eigenvalue weighted by Crippen LogP contribution is -2.40. The Kier molecular flexibility index (Phi) is 8.70. The SMILES string of the molecule is CCNC(=NCc1ccn(-c2ccc(OC)cc2)n1)NCC1CC(=O)Nc2ccccc21.I. The van der Waals surface area contributed by atoms with Gasteiger partial charge in [-0.2, -0.15) is 5.10 Å². The van der Waals surface area contributed by atoms with Crippen molar-refractivity contribution in [3.8, 4) is 11.4 Å². The van der Waals surface area contributed by atoms with Gasteiger partial charge in [0.15, 0.2) is 5.96 Å². The Morgan fingerprint density at radius 2 is 1.97 bits per heavy atom. The van der Waals surface area contributed by atoms with Crippen LogP contribution in [-0.4, -0.2) is 41.8 Å². The predicted molar refractivity (Wildman–Crippen MR) is 141 cm³/mol. The summed E-state index contributed by atoms with van der Waals surface area (Å²) in [4.78, 5) is 16.7. The third-order valence-corrected chi connectivity index (χ3v) is 5.35. The molecule has 0 saturated carbocycles. The molecule has 0 radical (unpaired) electrons. The zero-order valence-electron chi connectivity index (χ0n) is 18.7. The first-order valence-corrected chi connectivity index (χ1v) is 10.8. The lowest BCUT2D eigenvalue weighted by molar-refractivity contribution is -0.116. The number of nitrogens with one attached hydrogen (secondary N) is 3. The van der Waals surface area contributed by atoms with Gasteiger partial charge in [0.25, 0.3) is 0 Å². The van der Waals surface area contributed by atoms with Crippen molar-refractivity contribution in [1.82, 2.24) is 20.4 Å². The first kappa shape index (κ1) is 24.6. The first-order chi connectivity index (χ1) is 15.7. The molecule has 9 heteroatoms. The van der Waals surface area contributed by atoms with Crippen molar-refractivity contribution in [2.75, 3.05) is 25.5 Å². The zero-order valence-corrected chi connectivity index (χ0v) is 21.1. The van der Waals surface area contributed by atoms with Gasteiger partial charge in [-0.3, -0.25) is 4.79 Å². The summed E-state index contributed by atoms with van der Waals surface area (Å²) in [5, 5.41) is 14.2. The Balaban J connectivity index is 0.00000306. The Bertz CT molecular complexity index is 1100. The molecule has 3 N–H and O–H groups in total. The maximum absolute atomic E-state index is 12.1. The number of amides is 1. The van der Waals surface area contributed by atoms with E-state index in [1.165, 1.54) is 0 Å². The summed E-state index contributed by atoms with van der Waals surface area (Å²) in [5.41, 5.74) is 3.86. The number of hydrogen-bond acceptors (Lipinski definition) is 4. The van der Waals surface area contributed by atoms with Gasteiger partial charge < -0.3 is 20.7 Å². The van der Waals surface area contributed by atoms with E-state index < -0.39 is 0 Å². The number of aliphatic imine (C=N–C) groups is 1. The summed E-state index contributed by atoms with van der Waals surface area (Å²) >= 11 is 0. The average Bonchev–Trinajstić information content (AvgIpc) is 3.29. The van der Waals surface area contributed by atoms with Gasteiger partial charge in [-0.05, 0) is 48.9 Å². The fraction of sp³-hybridized carbons (Fsp3) is 0.292. The Morgan fingerprint density at radius 1 is 1.18 bits per heavy atom. The molecule has 1 aromatic heterocycles. The quantitative estimate of drug-likeness (QED) is 0.233. The third-order valence-electron chi connectivity index (χ3n) is 5.35. The number of para-hydroxylation sites is 1. The van der Waals surface area contributed by atoms with E-state index >= 15 is 0 Å². The van der Waals surface area contributed by atoms with E-state index in [1.54, 1.807) is 7.11 Å². The normalized spacial score (nSPS) is 15.2. The number of carbonyl (C=O) groups is 1. The number of aromatic nitrogens is 2. The van der Waals surface area contributed by atoms with Crippen molar-refractivity contribution in [3.05, 3.63) is 72.1 Å². The summed E-state index contributed by atoms with van der Waals surface area (Å²) in [5.74, 6) is 1.65. The maximum Gasteiger partial charge on any atom is 0.225 e. The minimum atomic E-state index is 0. The van der Waals surface area contributed by atoms with E-state index in [0.29, 0.717) is 25.5 Å². The Labute approximate surface area is 210 Å². The van der Waals surface area contributed by atoms with Crippen LogP contribution in [0.15, 0.2) is 65.8 Å². The highest BCUT2D eigenvalue weighted by molar-refractivity contribution is 14.0. The van der Waals surface area contributed by atoms with Crippen molar-refractivity contribution >= 4 is 41.5 Å². The van der Waals surface area contributed by atoms with E-state index in [9.17, 15) is 4.79 Å². The summed E-state index contributed by atoms with van der Waals surface area (Å²) < 4.78 is 7.03.